The van der Waals surface area contributed by atoms with Crippen molar-refractivity contribution in [3.63, 3.8) is 0 Å². The highest BCUT2D eigenvalue weighted by molar-refractivity contribution is 7.99. The van der Waals surface area contributed by atoms with E-state index in [1.54, 1.807) is 22.7 Å². The Bertz CT molecular complexity index is 1190. The Labute approximate surface area is 193 Å². The number of thiophene rings is 2. The third-order valence-electron chi connectivity index (χ3n) is 5.51. The second-order valence-corrected chi connectivity index (χ2v) is 10.5. The van der Waals surface area contributed by atoms with Gasteiger partial charge in [0, 0.05) is 22.0 Å². The Morgan fingerprint density at radius 2 is 1.94 bits per heavy atom. The minimum atomic E-state index is 0.0137. The number of aromatic nitrogens is 3. The SMILES string of the molecule is Cc1ccc(-n2c(C)nnc2SCC(=O)N2CCc3sccc3[C@@H]2c2cccs2)cc1. The molecule has 0 aliphatic carbocycles. The lowest BCUT2D eigenvalue weighted by Crippen LogP contribution is -2.40. The van der Waals surface area contributed by atoms with Gasteiger partial charge >= 0.3 is 0 Å². The first-order valence-electron chi connectivity index (χ1n) is 10.1. The number of carbonyl (C=O) groups excluding carboxylic acids is 1. The molecule has 1 atom stereocenters. The molecule has 8 heteroatoms. The molecule has 0 bridgehead atoms. The van der Waals surface area contributed by atoms with Crippen LogP contribution >= 0.6 is 34.4 Å². The number of fused-ring (bicyclic) bond motifs is 1. The summed E-state index contributed by atoms with van der Waals surface area (Å²) in [5, 5.41) is 13.6. The zero-order valence-corrected chi connectivity index (χ0v) is 19.8. The van der Waals surface area contributed by atoms with Crippen molar-refractivity contribution in [3.05, 3.63) is 79.9 Å². The summed E-state index contributed by atoms with van der Waals surface area (Å²) in [7, 11) is 0. The lowest BCUT2D eigenvalue weighted by molar-refractivity contribution is -0.130. The maximum absolute atomic E-state index is 13.4. The highest BCUT2D eigenvalue weighted by Gasteiger charge is 2.33. The molecule has 4 heterocycles. The van der Waals surface area contributed by atoms with Crippen LogP contribution in [0.1, 0.15) is 32.7 Å². The third kappa shape index (κ3) is 3.95. The van der Waals surface area contributed by atoms with Crippen molar-refractivity contribution in [2.75, 3.05) is 12.3 Å². The van der Waals surface area contributed by atoms with Crippen LogP contribution in [0, 0.1) is 13.8 Å². The summed E-state index contributed by atoms with van der Waals surface area (Å²) >= 11 is 4.96. The first kappa shape index (κ1) is 20.5. The van der Waals surface area contributed by atoms with Gasteiger partial charge in [-0.05, 0) is 60.9 Å². The average molecular weight is 467 g/mol. The van der Waals surface area contributed by atoms with Gasteiger partial charge in [-0.1, -0.05) is 35.5 Å². The molecule has 1 aromatic carbocycles. The minimum Gasteiger partial charge on any atom is -0.330 e. The minimum absolute atomic E-state index is 0.0137. The molecule has 1 aliphatic heterocycles. The van der Waals surface area contributed by atoms with Gasteiger partial charge in [-0.25, -0.2) is 0 Å². The molecule has 0 spiro atoms. The molecule has 0 N–H and O–H groups in total. The van der Waals surface area contributed by atoms with Crippen LogP contribution < -0.4 is 0 Å². The largest absolute Gasteiger partial charge is 0.330 e. The molecule has 31 heavy (non-hydrogen) atoms. The van der Waals surface area contributed by atoms with Gasteiger partial charge in [0.15, 0.2) is 5.16 Å². The average Bonchev–Trinajstić information content (AvgIpc) is 3.53. The van der Waals surface area contributed by atoms with Gasteiger partial charge in [0.1, 0.15) is 5.82 Å². The molecule has 0 saturated carbocycles. The van der Waals surface area contributed by atoms with Gasteiger partial charge in [0.05, 0.1) is 11.8 Å². The molecule has 0 radical (unpaired) electrons. The van der Waals surface area contributed by atoms with E-state index in [9.17, 15) is 4.79 Å². The quantitative estimate of drug-likeness (QED) is 0.376. The van der Waals surface area contributed by atoms with Crippen LogP contribution in [0.2, 0.25) is 0 Å². The number of thioether (sulfide) groups is 1. The van der Waals surface area contributed by atoms with Gasteiger partial charge in [-0.3, -0.25) is 9.36 Å². The number of carbonyl (C=O) groups is 1. The number of benzene rings is 1. The van der Waals surface area contributed by atoms with E-state index >= 15 is 0 Å². The van der Waals surface area contributed by atoms with Crippen molar-refractivity contribution in [3.8, 4) is 5.69 Å². The Kier molecular flexibility index (Phi) is 5.69. The fourth-order valence-corrected chi connectivity index (χ4v) is 6.62. The number of nitrogens with zero attached hydrogens (tertiary/aromatic N) is 4. The maximum atomic E-state index is 13.4. The van der Waals surface area contributed by atoms with Gasteiger partial charge < -0.3 is 4.90 Å². The van der Waals surface area contributed by atoms with Crippen LogP contribution in [0.5, 0.6) is 0 Å². The fraction of sp³-hybridized carbons (Fsp3) is 0.261. The molecule has 5 nitrogen and oxygen atoms in total. The van der Waals surface area contributed by atoms with Gasteiger partial charge in [-0.2, -0.15) is 0 Å². The number of hydrogen-bond donors (Lipinski definition) is 0. The molecule has 0 unspecified atom stereocenters. The zero-order valence-electron chi connectivity index (χ0n) is 17.3. The third-order valence-corrected chi connectivity index (χ3v) is 8.35. The molecule has 1 aliphatic rings. The molecule has 158 valence electrons. The van der Waals surface area contributed by atoms with Crippen LogP contribution in [0.25, 0.3) is 5.69 Å². The van der Waals surface area contributed by atoms with E-state index in [1.807, 2.05) is 16.4 Å². The van der Waals surface area contributed by atoms with E-state index in [0.29, 0.717) is 5.75 Å². The lowest BCUT2D eigenvalue weighted by atomic mass is 9.98. The molecule has 3 aromatic heterocycles. The first-order chi connectivity index (χ1) is 15.1. The van der Waals surface area contributed by atoms with Crippen molar-refractivity contribution in [2.24, 2.45) is 0 Å². The van der Waals surface area contributed by atoms with E-state index in [0.717, 1.165) is 29.6 Å². The topological polar surface area (TPSA) is 51.0 Å². The van der Waals surface area contributed by atoms with Gasteiger partial charge in [-0.15, -0.1) is 32.9 Å². The predicted molar refractivity (Wildman–Crippen MR) is 127 cm³/mol. The number of amides is 1. The van der Waals surface area contributed by atoms with Crippen molar-refractivity contribution in [1.82, 2.24) is 19.7 Å². The number of hydrogen-bond acceptors (Lipinski definition) is 6. The van der Waals surface area contributed by atoms with Gasteiger partial charge in [0.25, 0.3) is 0 Å². The summed E-state index contributed by atoms with van der Waals surface area (Å²) < 4.78 is 2.02. The zero-order chi connectivity index (χ0) is 21.4. The lowest BCUT2D eigenvalue weighted by Gasteiger charge is -2.35. The van der Waals surface area contributed by atoms with E-state index in [1.165, 1.54) is 32.6 Å². The monoisotopic (exact) mass is 466 g/mol. The molecule has 1 amide bonds. The molecule has 4 aromatic rings. The highest BCUT2D eigenvalue weighted by atomic mass is 32.2. The van der Waals surface area contributed by atoms with Crippen LogP contribution in [0.3, 0.4) is 0 Å². The second-order valence-electron chi connectivity index (χ2n) is 7.54. The Hall–Kier alpha value is -2.42. The summed E-state index contributed by atoms with van der Waals surface area (Å²) in [6, 6.07) is 14.7. The molecule has 0 saturated heterocycles. The van der Waals surface area contributed by atoms with E-state index in [4.69, 9.17) is 0 Å². The summed E-state index contributed by atoms with van der Waals surface area (Å²) in [6.07, 6.45) is 0.921. The van der Waals surface area contributed by atoms with Crippen LogP contribution in [0.15, 0.2) is 58.4 Å². The van der Waals surface area contributed by atoms with Crippen molar-refractivity contribution >= 4 is 40.3 Å². The van der Waals surface area contributed by atoms with E-state index < -0.39 is 0 Å². The highest BCUT2D eigenvalue weighted by Crippen LogP contribution is 2.40. The summed E-state index contributed by atoms with van der Waals surface area (Å²) in [5.41, 5.74) is 3.49. The fourth-order valence-electron chi connectivity index (χ4n) is 3.98. The molecule has 5 rings (SSSR count). The smallest absolute Gasteiger partial charge is 0.233 e. The molecular formula is C23H22N4OS3. The maximum Gasteiger partial charge on any atom is 0.233 e. The van der Waals surface area contributed by atoms with E-state index in [-0.39, 0.29) is 11.9 Å². The molecular weight excluding hydrogens is 444 g/mol. The van der Waals surface area contributed by atoms with Crippen LogP contribution in [-0.2, 0) is 11.2 Å². The standard InChI is InChI=1S/C23H22N4OS3/c1-15-5-7-17(8-6-15)27-16(2)24-25-23(27)31-14-21(28)26-11-9-19-18(10-13-30-19)22(26)20-4-3-12-29-20/h3-8,10,12-13,22H,9,11,14H2,1-2H3/t22-/m1/s1. The van der Waals surface area contributed by atoms with Crippen LogP contribution in [-0.4, -0.2) is 37.9 Å². The van der Waals surface area contributed by atoms with Crippen molar-refractivity contribution in [2.45, 2.75) is 31.5 Å². The van der Waals surface area contributed by atoms with E-state index in [2.05, 4.69) is 70.3 Å². The normalized spacial score (nSPS) is 15.8. The predicted octanol–water partition coefficient (Wildman–Crippen LogP) is 5.27. The summed E-state index contributed by atoms with van der Waals surface area (Å²) in [6.45, 7) is 4.76. The summed E-state index contributed by atoms with van der Waals surface area (Å²) in [4.78, 5) is 18.0. The summed E-state index contributed by atoms with van der Waals surface area (Å²) in [5.74, 6) is 1.29. The Morgan fingerprint density at radius 1 is 1.10 bits per heavy atom. The molecule has 0 fully saturated rings. The Morgan fingerprint density at radius 3 is 2.71 bits per heavy atom. The number of aryl methyl sites for hydroxylation is 2. The van der Waals surface area contributed by atoms with Crippen molar-refractivity contribution in [1.29, 1.82) is 0 Å². The Balaban J connectivity index is 1.37. The first-order valence-corrected chi connectivity index (χ1v) is 12.9. The number of rotatable bonds is 5. The van der Waals surface area contributed by atoms with Gasteiger partial charge in [0.2, 0.25) is 5.91 Å². The van der Waals surface area contributed by atoms with Crippen LogP contribution in [0.4, 0.5) is 0 Å². The second kappa shape index (κ2) is 8.61. The van der Waals surface area contributed by atoms with Crippen molar-refractivity contribution < 1.29 is 4.79 Å².